The predicted octanol–water partition coefficient (Wildman–Crippen LogP) is 1.90. The van der Waals surface area contributed by atoms with Gasteiger partial charge in [-0.05, 0) is 40.0 Å². The molecule has 1 heterocycles. The first-order valence-electron chi connectivity index (χ1n) is 8.06. The quantitative estimate of drug-likeness (QED) is 0.764. The molecule has 6 heteroatoms. The van der Waals surface area contributed by atoms with Crippen LogP contribution in [0.1, 0.15) is 18.7 Å². The van der Waals surface area contributed by atoms with Crippen LogP contribution in [0.5, 0.6) is 11.5 Å². The summed E-state index contributed by atoms with van der Waals surface area (Å²) in [7, 11) is 7.49. The van der Waals surface area contributed by atoms with Crippen LogP contribution < -0.4 is 15.2 Å². The summed E-state index contributed by atoms with van der Waals surface area (Å²) in [4.78, 5) is 6.99. The SMILES string of the molecule is COc1cc2nc(CCCN)n(CCCN(C)C)c2cc1OC. The Labute approximate surface area is 138 Å². The minimum Gasteiger partial charge on any atom is -0.493 e. The summed E-state index contributed by atoms with van der Waals surface area (Å²) in [6, 6.07) is 3.96. The largest absolute Gasteiger partial charge is 0.493 e. The summed E-state index contributed by atoms with van der Waals surface area (Å²) in [5.41, 5.74) is 7.70. The fourth-order valence-electron chi connectivity index (χ4n) is 2.75. The lowest BCUT2D eigenvalue weighted by molar-refractivity contribution is 0.355. The van der Waals surface area contributed by atoms with Crippen LogP contribution in [-0.4, -0.2) is 55.9 Å². The van der Waals surface area contributed by atoms with Crippen molar-refractivity contribution in [3.05, 3.63) is 18.0 Å². The van der Waals surface area contributed by atoms with Crippen molar-refractivity contribution < 1.29 is 9.47 Å². The standard InChI is InChI=1S/C17H28N4O2/c1-20(2)9-6-10-21-14-12-16(23-4)15(22-3)11-13(14)19-17(21)7-5-8-18/h11-12H,5-10,18H2,1-4H3. The first kappa shape index (κ1) is 17.6. The summed E-state index contributed by atoms with van der Waals surface area (Å²) < 4.78 is 13.1. The maximum Gasteiger partial charge on any atom is 0.163 e. The van der Waals surface area contributed by atoms with E-state index >= 15 is 0 Å². The molecular weight excluding hydrogens is 292 g/mol. The fourth-order valence-corrected chi connectivity index (χ4v) is 2.75. The minimum atomic E-state index is 0.674. The molecule has 0 radical (unpaired) electrons. The predicted molar refractivity (Wildman–Crippen MR) is 93.4 cm³/mol. The van der Waals surface area contributed by atoms with Crippen LogP contribution in [0.2, 0.25) is 0 Å². The molecule has 2 aromatic rings. The van der Waals surface area contributed by atoms with E-state index < -0.39 is 0 Å². The van der Waals surface area contributed by atoms with Gasteiger partial charge in [0.15, 0.2) is 11.5 Å². The topological polar surface area (TPSA) is 65.5 Å². The third-order valence-corrected chi connectivity index (χ3v) is 3.92. The molecule has 0 saturated heterocycles. The Balaban J connectivity index is 2.40. The zero-order valence-electron chi connectivity index (χ0n) is 14.6. The van der Waals surface area contributed by atoms with Gasteiger partial charge < -0.3 is 24.7 Å². The highest BCUT2D eigenvalue weighted by atomic mass is 16.5. The number of ether oxygens (including phenoxy) is 2. The Bertz CT molecular complexity index is 637. The fraction of sp³-hybridized carbons (Fsp3) is 0.588. The zero-order valence-corrected chi connectivity index (χ0v) is 14.6. The van der Waals surface area contributed by atoms with Crippen molar-refractivity contribution in [3.63, 3.8) is 0 Å². The molecule has 23 heavy (non-hydrogen) atoms. The van der Waals surface area contributed by atoms with Crippen LogP contribution in [0.25, 0.3) is 11.0 Å². The highest BCUT2D eigenvalue weighted by Crippen LogP contribution is 2.32. The van der Waals surface area contributed by atoms with Crippen LogP contribution in [0, 0.1) is 0 Å². The molecule has 1 aromatic heterocycles. The van der Waals surface area contributed by atoms with Crippen molar-refractivity contribution >= 4 is 11.0 Å². The van der Waals surface area contributed by atoms with Gasteiger partial charge in [0.05, 0.1) is 25.3 Å². The molecule has 0 bridgehead atoms. The van der Waals surface area contributed by atoms with Gasteiger partial charge in [0.2, 0.25) is 0 Å². The summed E-state index contributed by atoms with van der Waals surface area (Å²) >= 11 is 0. The zero-order chi connectivity index (χ0) is 16.8. The number of benzene rings is 1. The molecule has 2 N–H and O–H groups in total. The van der Waals surface area contributed by atoms with Gasteiger partial charge in [-0.25, -0.2) is 4.98 Å². The summed E-state index contributed by atoms with van der Waals surface area (Å²) in [5, 5.41) is 0. The number of fused-ring (bicyclic) bond motifs is 1. The second-order valence-electron chi connectivity index (χ2n) is 5.92. The van der Waals surface area contributed by atoms with E-state index in [2.05, 4.69) is 23.6 Å². The van der Waals surface area contributed by atoms with Gasteiger partial charge in [0, 0.05) is 25.1 Å². The molecule has 0 spiro atoms. The highest BCUT2D eigenvalue weighted by molar-refractivity contribution is 5.80. The summed E-state index contributed by atoms with van der Waals surface area (Å²) in [5.74, 6) is 2.53. The van der Waals surface area contributed by atoms with Gasteiger partial charge in [0.25, 0.3) is 0 Å². The number of nitrogens with zero attached hydrogens (tertiary/aromatic N) is 3. The van der Waals surface area contributed by atoms with Crippen LogP contribution in [0.4, 0.5) is 0 Å². The maximum atomic E-state index is 5.67. The molecule has 6 nitrogen and oxygen atoms in total. The van der Waals surface area contributed by atoms with E-state index in [9.17, 15) is 0 Å². The van der Waals surface area contributed by atoms with Crippen molar-refractivity contribution in [2.24, 2.45) is 5.73 Å². The Morgan fingerprint density at radius 1 is 1.13 bits per heavy atom. The number of hydrogen-bond acceptors (Lipinski definition) is 5. The lowest BCUT2D eigenvalue weighted by Gasteiger charge is -2.13. The number of aryl methyl sites for hydroxylation is 2. The first-order valence-corrected chi connectivity index (χ1v) is 8.06. The average Bonchev–Trinajstić information content (AvgIpc) is 2.88. The Kier molecular flexibility index (Phi) is 6.24. The number of imidazole rings is 1. The first-order chi connectivity index (χ1) is 11.1. The molecule has 0 atom stereocenters. The van der Waals surface area contributed by atoms with Gasteiger partial charge in [-0.2, -0.15) is 0 Å². The van der Waals surface area contributed by atoms with E-state index in [-0.39, 0.29) is 0 Å². The van der Waals surface area contributed by atoms with E-state index in [1.54, 1.807) is 14.2 Å². The molecule has 0 saturated carbocycles. The van der Waals surface area contributed by atoms with Crippen LogP contribution in [0.15, 0.2) is 12.1 Å². The second kappa shape index (κ2) is 8.17. The Hall–Kier alpha value is -1.79. The lowest BCUT2D eigenvalue weighted by atomic mass is 10.2. The van der Waals surface area contributed by atoms with E-state index in [4.69, 9.17) is 20.2 Å². The summed E-state index contributed by atoms with van der Waals surface area (Å²) in [6.45, 7) is 2.65. The van der Waals surface area contributed by atoms with E-state index in [1.165, 1.54) is 0 Å². The molecule has 2 rings (SSSR count). The van der Waals surface area contributed by atoms with E-state index in [1.807, 2.05) is 12.1 Å². The molecule has 0 unspecified atom stereocenters. The lowest BCUT2D eigenvalue weighted by Crippen LogP contribution is -2.16. The molecule has 0 aliphatic heterocycles. The average molecular weight is 320 g/mol. The molecular formula is C17H28N4O2. The van der Waals surface area contributed by atoms with Gasteiger partial charge in [-0.15, -0.1) is 0 Å². The Morgan fingerprint density at radius 2 is 1.83 bits per heavy atom. The van der Waals surface area contributed by atoms with E-state index in [0.29, 0.717) is 12.3 Å². The second-order valence-corrected chi connectivity index (χ2v) is 5.92. The van der Waals surface area contributed by atoms with Crippen molar-refractivity contribution in [2.45, 2.75) is 25.8 Å². The normalized spacial score (nSPS) is 11.4. The molecule has 0 aliphatic carbocycles. The molecule has 0 aliphatic rings. The molecule has 1 aromatic carbocycles. The van der Waals surface area contributed by atoms with Gasteiger partial charge in [-0.3, -0.25) is 0 Å². The van der Waals surface area contributed by atoms with Gasteiger partial charge in [-0.1, -0.05) is 0 Å². The van der Waals surface area contributed by atoms with Crippen LogP contribution in [-0.2, 0) is 13.0 Å². The number of methoxy groups -OCH3 is 2. The Morgan fingerprint density at radius 3 is 2.43 bits per heavy atom. The molecule has 0 fully saturated rings. The van der Waals surface area contributed by atoms with Crippen molar-refractivity contribution in [1.29, 1.82) is 0 Å². The third kappa shape index (κ3) is 4.14. The number of aromatic nitrogens is 2. The molecule has 128 valence electrons. The number of rotatable bonds is 9. The van der Waals surface area contributed by atoms with E-state index in [0.717, 1.165) is 55.0 Å². The van der Waals surface area contributed by atoms with Crippen LogP contribution in [0.3, 0.4) is 0 Å². The maximum absolute atomic E-state index is 5.67. The summed E-state index contributed by atoms with van der Waals surface area (Å²) in [6.07, 6.45) is 2.89. The van der Waals surface area contributed by atoms with Gasteiger partial charge in [0.1, 0.15) is 5.82 Å². The van der Waals surface area contributed by atoms with Crippen molar-refractivity contribution in [3.8, 4) is 11.5 Å². The molecule has 0 amide bonds. The van der Waals surface area contributed by atoms with Crippen LogP contribution >= 0.6 is 0 Å². The van der Waals surface area contributed by atoms with Crippen molar-refractivity contribution in [1.82, 2.24) is 14.5 Å². The smallest absolute Gasteiger partial charge is 0.163 e. The third-order valence-electron chi connectivity index (χ3n) is 3.92. The number of hydrogen-bond donors (Lipinski definition) is 1. The van der Waals surface area contributed by atoms with Crippen molar-refractivity contribution in [2.75, 3.05) is 41.4 Å². The highest BCUT2D eigenvalue weighted by Gasteiger charge is 2.14. The monoisotopic (exact) mass is 320 g/mol. The number of nitrogens with two attached hydrogens (primary N) is 1. The minimum absolute atomic E-state index is 0.674. The van der Waals surface area contributed by atoms with Gasteiger partial charge >= 0.3 is 0 Å².